The van der Waals surface area contributed by atoms with E-state index in [0.717, 1.165) is 5.57 Å². The van der Waals surface area contributed by atoms with Gasteiger partial charge in [0, 0.05) is 23.9 Å². The summed E-state index contributed by atoms with van der Waals surface area (Å²) >= 11 is 0. The van der Waals surface area contributed by atoms with Crippen LogP contribution in [0.15, 0.2) is 18.0 Å². The Balaban J connectivity index is 2.39. The first kappa shape index (κ1) is 13.4. The number of esters is 1. The number of cyclic esters (lactones) is 1. The highest BCUT2D eigenvalue weighted by atomic mass is 16.5. The Morgan fingerprint density at radius 3 is 2.63 bits per heavy atom. The van der Waals surface area contributed by atoms with Crippen molar-refractivity contribution < 1.29 is 19.4 Å². The Kier molecular flexibility index (Phi) is 3.22. The third-order valence-electron chi connectivity index (χ3n) is 3.32. The van der Waals surface area contributed by atoms with Crippen LogP contribution < -0.4 is 0 Å². The molecule has 0 unspecified atom stereocenters. The number of carbonyl (C=O) groups excluding carboxylic acids is 1. The van der Waals surface area contributed by atoms with Crippen molar-refractivity contribution in [1.29, 1.82) is 0 Å². The normalized spacial score (nSPS) is 20.3. The van der Waals surface area contributed by atoms with Crippen molar-refractivity contribution in [3.8, 4) is 0 Å². The standard InChI is InChI=1S/C14H17NO4/c1-4-9(10-5-8(7-15-10)12(16)17)11-6-14(2,3)13(18)19-11/h5,7,15H,4,6H2,1-3H3,(H,16,17)/b11-9+. The zero-order valence-corrected chi connectivity index (χ0v) is 11.2. The van der Waals surface area contributed by atoms with Crippen LogP contribution in [-0.2, 0) is 9.53 Å². The first-order valence-corrected chi connectivity index (χ1v) is 6.21. The summed E-state index contributed by atoms with van der Waals surface area (Å²) in [5.74, 6) is -0.582. The number of rotatable bonds is 3. The van der Waals surface area contributed by atoms with E-state index < -0.39 is 11.4 Å². The maximum Gasteiger partial charge on any atom is 0.337 e. The molecular formula is C14H17NO4. The molecule has 1 saturated heterocycles. The topological polar surface area (TPSA) is 79.4 Å². The number of aromatic carboxylic acids is 1. The maximum atomic E-state index is 11.7. The molecule has 1 aliphatic heterocycles. The Bertz CT molecular complexity index is 566. The van der Waals surface area contributed by atoms with Crippen LogP contribution >= 0.6 is 0 Å². The fourth-order valence-corrected chi connectivity index (χ4v) is 2.16. The van der Waals surface area contributed by atoms with Gasteiger partial charge in [-0.15, -0.1) is 0 Å². The maximum absolute atomic E-state index is 11.7. The van der Waals surface area contributed by atoms with Crippen molar-refractivity contribution in [2.45, 2.75) is 33.6 Å². The van der Waals surface area contributed by atoms with Gasteiger partial charge in [0.2, 0.25) is 0 Å². The third kappa shape index (κ3) is 2.41. The lowest BCUT2D eigenvalue weighted by Gasteiger charge is -2.08. The van der Waals surface area contributed by atoms with Crippen molar-refractivity contribution in [2.75, 3.05) is 0 Å². The Morgan fingerprint density at radius 2 is 2.21 bits per heavy atom. The molecule has 2 rings (SSSR count). The van der Waals surface area contributed by atoms with Gasteiger partial charge in [0.1, 0.15) is 5.76 Å². The number of aromatic amines is 1. The molecule has 0 spiro atoms. The van der Waals surface area contributed by atoms with Crippen LogP contribution in [0.5, 0.6) is 0 Å². The molecule has 0 bridgehead atoms. The molecule has 1 fully saturated rings. The van der Waals surface area contributed by atoms with Gasteiger partial charge >= 0.3 is 11.9 Å². The van der Waals surface area contributed by atoms with Gasteiger partial charge in [-0.1, -0.05) is 6.92 Å². The van der Waals surface area contributed by atoms with Crippen LogP contribution in [-0.4, -0.2) is 22.0 Å². The SMILES string of the molecule is CC/C(=C1/CC(C)(C)C(=O)O1)c1cc(C(=O)O)c[nH]1. The van der Waals surface area contributed by atoms with Gasteiger partial charge in [-0.25, -0.2) is 4.79 Å². The summed E-state index contributed by atoms with van der Waals surface area (Å²) < 4.78 is 5.33. The van der Waals surface area contributed by atoms with Crippen LogP contribution in [0.3, 0.4) is 0 Å². The quantitative estimate of drug-likeness (QED) is 0.822. The van der Waals surface area contributed by atoms with Crippen LogP contribution in [0.25, 0.3) is 5.57 Å². The monoisotopic (exact) mass is 263 g/mol. The van der Waals surface area contributed by atoms with Crippen LogP contribution in [0.1, 0.15) is 49.7 Å². The molecule has 5 heteroatoms. The lowest BCUT2D eigenvalue weighted by molar-refractivity contribution is -0.142. The molecule has 0 aliphatic carbocycles. The fraction of sp³-hybridized carbons (Fsp3) is 0.429. The number of carboxylic acids is 1. The van der Waals surface area contributed by atoms with Gasteiger partial charge in [-0.2, -0.15) is 0 Å². The number of hydrogen-bond donors (Lipinski definition) is 2. The zero-order chi connectivity index (χ0) is 14.2. The summed E-state index contributed by atoms with van der Waals surface area (Å²) in [5, 5.41) is 8.92. The predicted octanol–water partition coefficient (Wildman–Crippen LogP) is 2.81. The minimum atomic E-state index is -0.980. The highest BCUT2D eigenvalue weighted by molar-refractivity contribution is 5.89. The van der Waals surface area contributed by atoms with Crippen LogP contribution in [0.4, 0.5) is 0 Å². The van der Waals surface area contributed by atoms with E-state index in [1.165, 1.54) is 6.20 Å². The van der Waals surface area contributed by atoms with E-state index in [1.54, 1.807) is 6.07 Å². The largest absolute Gasteiger partial charge is 0.478 e. The van der Waals surface area contributed by atoms with Crippen LogP contribution in [0, 0.1) is 5.41 Å². The summed E-state index contributed by atoms with van der Waals surface area (Å²) in [4.78, 5) is 25.5. The Hall–Kier alpha value is -2.04. The Morgan fingerprint density at radius 1 is 1.53 bits per heavy atom. The minimum Gasteiger partial charge on any atom is -0.478 e. The number of hydrogen-bond acceptors (Lipinski definition) is 3. The molecule has 0 atom stereocenters. The summed E-state index contributed by atoms with van der Waals surface area (Å²) in [6, 6.07) is 1.56. The molecule has 0 radical (unpaired) electrons. The highest BCUT2D eigenvalue weighted by Crippen LogP contribution is 2.39. The van der Waals surface area contributed by atoms with Gasteiger partial charge in [-0.05, 0) is 26.3 Å². The molecule has 2 N–H and O–H groups in total. The number of allylic oxidation sites excluding steroid dienone is 2. The van der Waals surface area contributed by atoms with E-state index in [9.17, 15) is 9.59 Å². The molecular weight excluding hydrogens is 246 g/mol. The summed E-state index contributed by atoms with van der Waals surface area (Å²) in [7, 11) is 0. The van der Waals surface area contributed by atoms with Crippen molar-refractivity contribution in [3.63, 3.8) is 0 Å². The van der Waals surface area contributed by atoms with Crippen molar-refractivity contribution in [1.82, 2.24) is 4.98 Å². The van der Waals surface area contributed by atoms with Crippen molar-refractivity contribution in [3.05, 3.63) is 29.3 Å². The molecule has 0 aromatic carbocycles. The number of ether oxygens (including phenoxy) is 1. The number of carboxylic acid groups (broad SMARTS) is 1. The van der Waals surface area contributed by atoms with Gasteiger partial charge in [0.15, 0.2) is 0 Å². The molecule has 2 heterocycles. The third-order valence-corrected chi connectivity index (χ3v) is 3.32. The summed E-state index contributed by atoms with van der Waals surface area (Å²) in [6.07, 6.45) is 2.64. The summed E-state index contributed by atoms with van der Waals surface area (Å²) in [5.41, 5.74) is 1.23. The molecule has 1 aromatic rings. The van der Waals surface area contributed by atoms with Crippen LogP contribution in [0.2, 0.25) is 0 Å². The molecule has 102 valence electrons. The van der Waals surface area contributed by atoms with E-state index in [0.29, 0.717) is 24.3 Å². The minimum absolute atomic E-state index is 0.199. The molecule has 1 aliphatic rings. The first-order chi connectivity index (χ1) is 8.85. The average Bonchev–Trinajstić information content (AvgIpc) is 2.87. The number of H-pyrrole nitrogens is 1. The highest BCUT2D eigenvalue weighted by Gasteiger charge is 2.39. The van der Waals surface area contributed by atoms with Crippen molar-refractivity contribution >= 4 is 17.5 Å². The Labute approximate surface area is 111 Å². The predicted molar refractivity (Wildman–Crippen MR) is 69.5 cm³/mol. The van der Waals surface area contributed by atoms with E-state index in [1.807, 2.05) is 20.8 Å². The molecule has 0 amide bonds. The van der Waals surface area contributed by atoms with Gasteiger partial charge in [-0.3, -0.25) is 4.79 Å². The van der Waals surface area contributed by atoms with Crippen molar-refractivity contribution in [2.24, 2.45) is 5.41 Å². The second kappa shape index (κ2) is 4.57. The summed E-state index contributed by atoms with van der Waals surface area (Å²) in [6.45, 7) is 5.63. The molecule has 0 saturated carbocycles. The van der Waals surface area contributed by atoms with Gasteiger partial charge < -0.3 is 14.8 Å². The lowest BCUT2D eigenvalue weighted by Crippen LogP contribution is -2.16. The molecule has 5 nitrogen and oxygen atoms in total. The average molecular weight is 263 g/mol. The van der Waals surface area contributed by atoms with Gasteiger partial charge in [0.05, 0.1) is 11.0 Å². The number of nitrogens with one attached hydrogen (secondary N) is 1. The van der Waals surface area contributed by atoms with E-state index >= 15 is 0 Å². The second-order valence-electron chi connectivity index (χ2n) is 5.31. The molecule has 1 aromatic heterocycles. The lowest BCUT2D eigenvalue weighted by atomic mass is 9.90. The first-order valence-electron chi connectivity index (χ1n) is 6.21. The number of aromatic nitrogens is 1. The van der Waals surface area contributed by atoms with Gasteiger partial charge in [0.25, 0.3) is 0 Å². The van der Waals surface area contributed by atoms with E-state index in [2.05, 4.69) is 4.98 Å². The fourth-order valence-electron chi connectivity index (χ4n) is 2.16. The second-order valence-corrected chi connectivity index (χ2v) is 5.31. The van der Waals surface area contributed by atoms with E-state index in [4.69, 9.17) is 9.84 Å². The molecule has 19 heavy (non-hydrogen) atoms. The van der Waals surface area contributed by atoms with E-state index in [-0.39, 0.29) is 11.5 Å². The number of carbonyl (C=O) groups is 2. The zero-order valence-electron chi connectivity index (χ0n) is 11.2. The smallest absolute Gasteiger partial charge is 0.337 e.